The molecular formula is C28H24F2N2O5S. The molecule has 0 aromatic heterocycles. The van der Waals surface area contributed by atoms with Crippen LogP contribution >= 0.6 is 0 Å². The van der Waals surface area contributed by atoms with Gasteiger partial charge in [-0.1, -0.05) is 24.3 Å². The number of halogens is 2. The van der Waals surface area contributed by atoms with Crippen LogP contribution in [0.15, 0.2) is 102 Å². The lowest BCUT2D eigenvalue weighted by Gasteiger charge is -2.24. The average molecular weight is 539 g/mol. The summed E-state index contributed by atoms with van der Waals surface area (Å²) in [4.78, 5) is 14.5. The van der Waals surface area contributed by atoms with Crippen LogP contribution in [0.2, 0.25) is 0 Å². The number of nitrogens with one attached hydrogen (secondary N) is 1. The maximum Gasteiger partial charge on any atom is 0.339 e. The zero-order valence-corrected chi connectivity index (χ0v) is 21.1. The number of hydrogen-bond donors (Lipinski definition) is 1. The van der Waals surface area contributed by atoms with Crippen LogP contribution in [0.5, 0.6) is 11.5 Å². The number of amides is 2. The average Bonchev–Trinajstić information content (AvgIpc) is 2.91. The molecule has 0 aliphatic carbocycles. The molecule has 0 fully saturated rings. The van der Waals surface area contributed by atoms with Gasteiger partial charge in [-0.2, -0.15) is 8.42 Å². The molecule has 2 amide bonds. The molecule has 4 aromatic carbocycles. The molecule has 0 heterocycles. The predicted molar refractivity (Wildman–Crippen MR) is 138 cm³/mol. The van der Waals surface area contributed by atoms with E-state index in [1.165, 1.54) is 29.2 Å². The van der Waals surface area contributed by atoms with Gasteiger partial charge in [0, 0.05) is 18.8 Å². The molecule has 0 aliphatic rings. The van der Waals surface area contributed by atoms with Gasteiger partial charge in [-0.3, -0.25) is 0 Å². The third-order valence-corrected chi connectivity index (χ3v) is 6.78. The van der Waals surface area contributed by atoms with Crippen molar-refractivity contribution in [2.24, 2.45) is 0 Å². The molecule has 0 spiro atoms. The van der Waals surface area contributed by atoms with E-state index in [4.69, 9.17) is 8.92 Å². The zero-order chi connectivity index (χ0) is 27.1. The van der Waals surface area contributed by atoms with Crippen LogP contribution in [0.3, 0.4) is 0 Å². The molecule has 10 heteroatoms. The van der Waals surface area contributed by atoms with Crippen molar-refractivity contribution in [3.05, 3.63) is 120 Å². The molecule has 0 saturated carbocycles. The van der Waals surface area contributed by atoms with Crippen molar-refractivity contribution >= 4 is 21.8 Å². The SMILES string of the molecule is COc1ccc(NC(=O)N(Cc2ccc(F)cc2)Cc2ccc(OS(=O)(=O)c3ccc(F)cc3)cc2)cc1. The minimum Gasteiger partial charge on any atom is -0.497 e. The molecule has 38 heavy (non-hydrogen) atoms. The third-order valence-electron chi connectivity index (χ3n) is 5.52. The van der Waals surface area contributed by atoms with Crippen molar-refractivity contribution in [2.45, 2.75) is 18.0 Å². The highest BCUT2D eigenvalue weighted by Gasteiger charge is 2.18. The Morgan fingerprint density at radius 3 is 1.74 bits per heavy atom. The largest absolute Gasteiger partial charge is 0.497 e. The smallest absolute Gasteiger partial charge is 0.339 e. The predicted octanol–water partition coefficient (Wildman–Crippen LogP) is 5.98. The van der Waals surface area contributed by atoms with E-state index in [-0.39, 0.29) is 29.6 Å². The summed E-state index contributed by atoms with van der Waals surface area (Å²) >= 11 is 0. The second kappa shape index (κ2) is 11.7. The Morgan fingerprint density at radius 1 is 0.737 bits per heavy atom. The second-order valence-electron chi connectivity index (χ2n) is 8.28. The van der Waals surface area contributed by atoms with Crippen molar-refractivity contribution in [1.82, 2.24) is 4.90 Å². The Labute approximate surface area is 219 Å². The number of ether oxygens (including phenoxy) is 1. The minimum atomic E-state index is -4.14. The summed E-state index contributed by atoms with van der Waals surface area (Å²) < 4.78 is 61.7. The normalized spacial score (nSPS) is 11.0. The van der Waals surface area contributed by atoms with E-state index in [9.17, 15) is 22.0 Å². The van der Waals surface area contributed by atoms with Gasteiger partial charge in [-0.15, -0.1) is 0 Å². The number of nitrogens with zero attached hydrogens (tertiary/aromatic N) is 1. The number of anilines is 1. The fourth-order valence-electron chi connectivity index (χ4n) is 3.53. The molecule has 1 N–H and O–H groups in total. The van der Waals surface area contributed by atoms with Crippen molar-refractivity contribution in [2.75, 3.05) is 12.4 Å². The number of benzene rings is 4. The fourth-order valence-corrected chi connectivity index (χ4v) is 4.46. The highest BCUT2D eigenvalue weighted by atomic mass is 32.2. The van der Waals surface area contributed by atoms with Crippen molar-refractivity contribution in [3.8, 4) is 11.5 Å². The topological polar surface area (TPSA) is 84.9 Å². The molecule has 0 saturated heterocycles. The summed E-state index contributed by atoms with van der Waals surface area (Å²) in [6, 6.07) is 22.8. The number of methoxy groups -OCH3 is 1. The van der Waals surface area contributed by atoms with Crippen LogP contribution in [0, 0.1) is 11.6 Å². The lowest BCUT2D eigenvalue weighted by atomic mass is 10.1. The summed E-state index contributed by atoms with van der Waals surface area (Å²) in [5.74, 6) is -0.232. The molecule has 0 bridgehead atoms. The first kappa shape index (κ1) is 26.6. The summed E-state index contributed by atoms with van der Waals surface area (Å²) in [5, 5.41) is 2.84. The van der Waals surface area contributed by atoms with Crippen LogP contribution in [0.1, 0.15) is 11.1 Å². The monoisotopic (exact) mass is 538 g/mol. The Morgan fingerprint density at radius 2 is 1.21 bits per heavy atom. The minimum absolute atomic E-state index is 0.0610. The number of rotatable bonds is 9. The van der Waals surface area contributed by atoms with E-state index in [1.807, 2.05) is 0 Å². The first-order chi connectivity index (χ1) is 18.2. The van der Waals surface area contributed by atoms with Gasteiger partial charge in [0.2, 0.25) is 0 Å². The quantitative estimate of drug-likeness (QED) is 0.265. The Kier molecular flexibility index (Phi) is 8.22. The van der Waals surface area contributed by atoms with E-state index in [2.05, 4.69) is 5.32 Å². The molecule has 0 atom stereocenters. The van der Waals surface area contributed by atoms with Gasteiger partial charge in [-0.25, -0.2) is 13.6 Å². The van der Waals surface area contributed by atoms with Gasteiger partial charge in [0.25, 0.3) is 0 Å². The fraction of sp³-hybridized carbons (Fsp3) is 0.107. The van der Waals surface area contributed by atoms with Gasteiger partial charge in [0.1, 0.15) is 28.0 Å². The lowest BCUT2D eigenvalue weighted by Crippen LogP contribution is -2.34. The van der Waals surface area contributed by atoms with Gasteiger partial charge in [0.05, 0.1) is 7.11 Å². The lowest BCUT2D eigenvalue weighted by molar-refractivity contribution is 0.206. The maximum absolute atomic E-state index is 13.4. The first-order valence-electron chi connectivity index (χ1n) is 11.5. The third kappa shape index (κ3) is 7.07. The highest BCUT2D eigenvalue weighted by molar-refractivity contribution is 7.87. The number of carbonyl (C=O) groups excluding carboxylic acids is 1. The van der Waals surface area contributed by atoms with Gasteiger partial charge in [-0.05, 0) is 83.9 Å². The van der Waals surface area contributed by atoms with E-state index < -0.39 is 22.0 Å². The second-order valence-corrected chi connectivity index (χ2v) is 9.82. The molecule has 7 nitrogen and oxygen atoms in total. The maximum atomic E-state index is 13.4. The standard InChI is InChI=1S/C28H24F2N2O5S/c1-36-25-14-10-24(11-15-25)31-28(33)32(18-20-2-6-22(29)7-3-20)19-21-4-12-26(13-5-21)37-38(34,35)27-16-8-23(30)9-17-27/h2-17H,18-19H2,1H3,(H,31,33). The van der Waals surface area contributed by atoms with Crippen LogP contribution in [-0.2, 0) is 23.2 Å². The van der Waals surface area contributed by atoms with Gasteiger partial charge >= 0.3 is 16.1 Å². The molecular weight excluding hydrogens is 514 g/mol. The van der Waals surface area contributed by atoms with Crippen molar-refractivity contribution in [3.63, 3.8) is 0 Å². The van der Waals surface area contributed by atoms with E-state index >= 15 is 0 Å². The van der Waals surface area contributed by atoms with Crippen LogP contribution in [0.4, 0.5) is 19.3 Å². The summed E-state index contributed by atoms with van der Waals surface area (Å²) in [6.45, 7) is 0.365. The molecule has 196 valence electrons. The van der Waals surface area contributed by atoms with Crippen LogP contribution < -0.4 is 14.2 Å². The molecule has 0 unspecified atom stereocenters. The number of urea groups is 1. The van der Waals surface area contributed by atoms with E-state index in [0.29, 0.717) is 17.0 Å². The summed E-state index contributed by atoms with van der Waals surface area (Å²) in [6.07, 6.45) is 0. The Bertz CT molecular complexity index is 1480. The van der Waals surface area contributed by atoms with E-state index in [1.54, 1.807) is 55.6 Å². The molecule has 4 rings (SSSR count). The Balaban J connectivity index is 1.49. The van der Waals surface area contributed by atoms with Crippen LogP contribution in [0.25, 0.3) is 0 Å². The summed E-state index contributed by atoms with van der Waals surface area (Å²) in [5.41, 5.74) is 1.99. The first-order valence-corrected chi connectivity index (χ1v) is 12.9. The highest BCUT2D eigenvalue weighted by Crippen LogP contribution is 2.22. The molecule has 4 aromatic rings. The zero-order valence-electron chi connectivity index (χ0n) is 20.3. The molecule has 0 aliphatic heterocycles. The summed E-state index contributed by atoms with van der Waals surface area (Å²) in [7, 11) is -2.60. The number of hydrogen-bond acceptors (Lipinski definition) is 5. The van der Waals surface area contributed by atoms with Crippen LogP contribution in [-0.4, -0.2) is 26.5 Å². The molecule has 0 radical (unpaired) electrons. The van der Waals surface area contributed by atoms with Gasteiger partial charge in [0.15, 0.2) is 0 Å². The van der Waals surface area contributed by atoms with Crippen molar-refractivity contribution < 1.29 is 30.9 Å². The van der Waals surface area contributed by atoms with E-state index in [0.717, 1.165) is 29.8 Å². The van der Waals surface area contributed by atoms with Gasteiger partial charge < -0.3 is 19.1 Å². The number of carbonyl (C=O) groups is 1. The van der Waals surface area contributed by atoms with Crippen molar-refractivity contribution in [1.29, 1.82) is 0 Å². The Hall–Kier alpha value is -4.44.